The van der Waals surface area contributed by atoms with Crippen LogP contribution in [0.3, 0.4) is 0 Å². The molecule has 0 aromatic carbocycles. The van der Waals surface area contributed by atoms with E-state index < -0.39 is 0 Å². The lowest BCUT2D eigenvalue weighted by atomic mass is 10.2. The molecule has 0 aliphatic carbocycles. The fourth-order valence-corrected chi connectivity index (χ4v) is 1.07. The Morgan fingerprint density at radius 2 is 2.23 bits per heavy atom. The summed E-state index contributed by atoms with van der Waals surface area (Å²) in [6, 6.07) is 0. The predicted molar refractivity (Wildman–Crippen MR) is 50.4 cm³/mol. The van der Waals surface area contributed by atoms with Gasteiger partial charge < -0.3 is 14.7 Å². The van der Waals surface area contributed by atoms with Gasteiger partial charge in [-0.1, -0.05) is 6.92 Å². The molecule has 0 aromatic heterocycles. The Kier molecular flexibility index (Phi) is 6.54. The molecule has 0 aromatic rings. The minimum Gasteiger partial charge on any atom is -0.469 e. The summed E-state index contributed by atoms with van der Waals surface area (Å²) in [6.45, 7) is 3.63. The highest BCUT2D eigenvalue weighted by Gasteiger charge is 2.07. The van der Waals surface area contributed by atoms with Crippen LogP contribution in [0.2, 0.25) is 0 Å². The molecule has 0 rings (SSSR count). The van der Waals surface area contributed by atoms with Gasteiger partial charge in [-0.2, -0.15) is 0 Å². The lowest BCUT2D eigenvalue weighted by Gasteiger charge is -2.19. The number of hydrogen-bond donors (Lipinski definition) is 1. The average Bonchev–Trinajstić information content (AvgIpc) is 2.13. The van der Waals surface area contributed by atoms with Crippen LogP contribution in [0.4, 0.5) is 0 Å². The number of nitrogens with zero attached hydrogens (tertiary/aromatic N) is 1. The van der Waals surface area contributed by atoms with Gasteiger partial charge in [0.25, 0.3) is 0 Å². The summed E-state index contributed by atoms with van der Waals surface area (Å²) in [4.78, 5) is 12.8. The molecule has 0 fully saturated rings. The van der Waals surface area contributed by atoms with Crippen molar-refractivity contribution in [3.8, 4) is 0 Å². The van der Waals surface area contributed by atoms with Crippen molar-refractivity contribution in [3.63, 3.8) is 0 Å². The van der Waals surface area contributed by atoms with Crippen LogP contribution in [-0.4, -0.2) is 49.8 Å². The third-order valence-corrected chi connectivity index (χ3v) is 1.86. The predicted octanol–water partition coefficient (Wildman–Crippen LogP) is 0.110. The zero-order valence-corrected chi connectivity index (χ0v) is 8.62. The molecule has 0 saturated heterocycles. The first-order valence-corrected chi connectivity index (χ1v) is 4.46. The Morgan fingerprint density at radius 1 is 1.62 bits per heavy atom. The topological polar surface area (TPSA) is 49.8 Å². The van der Waals surface area contributed by atoms with E-state index in [4.69, 9.17) is 5.11 Å². The monoisotopic (exact) mass is 189 g/mol. The van der Waals surface area contributed by atoms with E-state index in [1.807, 2.05) is 18.9 Å². The van der Waals surface area contributed by atoms with Crippen LogP contribution in [-0.2, 0) is 9.53 Å². The molecule has 0 saturated carbocycles. The minimum atomic E-state index is -0.191. The minimum absolute atomic E-state index is 0.183. The second-order valence-corrected chi connectivity index (χ2v) is 3.38. The highest BCUT2D eigenvalue weighted by Crippen LogP contribution is 1.97. The van der Waals surface area contributed by atoms with E-state index in [1.54, 1.807) is 0 Å². The number of methoxy groups -OCH3 is 1. The summed E-state index contributed by atoms with van der Waals surface area (Å²) in [7, 11) is 3.31. The van der Waals surface area contributed by atoms with Crippen molar-refractivity contribution >= 4 is 5.97 Å². The van der Waals surface area contributed by atoms with Gasteiger partial charge in [-0.25, -0.2) is 0 Å². The normalized spacial score (nSPS) is 13.0. The van der Waals surface area contributed by atoms with E-state index in [2.05, 4.69) is 4.74 Å². The number of esters is 1. The first-order chi connectivity index (χ1) is 6.10. The summed E-state index contributed by atoms with van der Waals surface area (Å²) < 4.78 is 4.52. The van der Waals surface area contributed by atoms with Crippen molar-refractivity contribution in [1.82, 2.24) is 4.90 Å². The van der Waals surface area contributed by atoms with Gasteiger partial charge in [0.05, 0.1) is 13.5 Å². The zero-order valence-electron chi connectivity index (χ0n) is 8.62. The van der Waals surface area contributed by atoms with E-state index in [0.29, 0.717) is 13.0 Å². The second kappa shape index (κ2) is 6.86. The van der Waals surface area contributed by atoms with E-state index in [-0.39, 0.29) is 18.5 Å². The number of aliphatic hydroxyl groups is 1. The lowest BCUT2D eigenvalue weighted by Crippen LogP contribution is -2.28. The van der Waals surface area contributed by atoms with Gasteiger partial charge in [-0.05, 0) is 13.0 Å². The molecule has 4 nitrogen and oxygen atoms in total. The largest absolute Gasteiger partial charge is 0.469 e. The Balaban J connectivity index is 3.50. The summed E-state index contributed by atoms with van der Waals surface area (Å²) in [5.41, 5.74) is 0. The summed E-state index contributed by atoms with van der Waals surface area (Å²) >= 11 is 0. The molecule has 1 N–H and O–H groups in total. The van der Waals surface area contributed by atoms with E-state index in [9.17, 15) is 4.79 Å². The number of rotatable bonds is 6. The van der Waals surface area contributed by atoms with E-state index >= 15 is 0 Å². The second-order valence-electron chi connectivity index (χ2n) is 3.38. The van der Waals surface area contributed by atoms with E-state index in [0.717, 1.165) is 6.54 Å². The van der Waals surface area contributed by atoms with E-state index in [1.165, 1.54) is 7.11 Å². The standard InChI is InChI=1S/C9H19NO3/c1-8(7-11)6-10(2)5-4-9(12)13-3/h8,11H,4-7H2,1-3H3. The summed E-state index contributed by atoms with van der Waals surface area (Å²) in [5.74, 6) is 0.0612. The molecule has 1 unspecified atom stereocenters. The number of ether oxygens (including phenoxy) is 1. The van der Waals surface area contributed by atoms with Crippen molar-refractivity contribution in [3.05, 3.63) is 0 Å². The lowest BCUT2D eigenvalue weighted by molar-refractivity contribution is -0.140. The third-order valence-electron chi connectivity index (χ3n) is 1.86. The van der Waals surface area contributed by atoms with Gasteiger partial charge in [0.15, 0.2) is 0 Å². The van der Waals surface area contributed by atoms with Crippen molar-refractivity contribution in [2.24, 2.45) is 5.92 Å². The molecule has 0 aliphatic heterocycles. The van der Waals surface area contributed by atoms with Gasteiger partial charge in [-0.15, -0.1) is 0 Å². The molecule has 13 heavy (non-hydrogen) atoms. The summed E-state index contributed by atoms with van der Waals surface area (Å²) in [6.07, 6.45) is 0.408. The molecule has 0 heterocycles. The molecular weight excluding hydrogens is 170 g/mol. The SMILES string of the molecule is COC(=O)CCN(C)CC(C)CO. The number of carbonyl (C=O) groups is 1. The van der Waals surface area contributed by atoms with Crippen molar-refractivity contribution in [2.75, 3.05) is 33.9 Å². The van der Waals surface area contributed by atoms with Crippen LogP contribution in [0.15, 0.2) is 0 Å². The highest BCUT2D eigenvalue weighted by atomic mass is 16.5. The van der Waals surface area contributed by atoms with Crippen LogP contribution in [0.5, 0.6) is 0 Å². The maximum Gasteiger partial charge on any atom is 0.306 e. The van der Waals surface area contributed by atoms with Crippen LogP contribution in [0, 0.1) is 5.92 Å². The average molecular weight is 189 g/mol. The number of hydrogen-bond acceptors (Lipinski definition) is 4. The van der Waals surface area contributed by atoms with Gasteiger partial charge in [0.2, 0.25) is 0 Å². The van der Waals surface area contributed by atoms with Gasteiger partial charge >= 0.3 is 5.97 Å². The van der Waals surface area contributed by atoms with Gasteiger partial charge in [-0.3, -0.25) is 4.79 Å². The van der Waals surface area contributed by atoms with Gasteiger partial charge in [0, 0.05) is 19.7 Å². The van der Waals surface area contributed by atoms with Crippen LogP contribution in [0.25, 0.3) is 0 Å². The Morgan fingerprint density at radius 3 is 2.69 bits per heavy atom. The van der Waals surface area contributed by atoms with Crippen LogP contribution < -0.4 is 0 Å². The molecule has 1 atom stereocenters. The number of carbonyl (C=O) groups excluding carboxylic acids is 1. The Hall–Kier alpha value is -0.610. The quantitative estimate of drug-likeness (QED) is 0.602. The fraction of sp³-hybridized carbons (Fsp3) is 0.889. The van der Waals surface area contributed by atoms with Crippen LogP contribution in [0.1, 0.15) is 13.3 Å². The zero-order chi connectivity index (χ0) is 10.3. The highest BCUT2D eigenvalue weighted by molar-refractivity contribution is 5.69. The fourth-order valence-electron chi connectivity index (χ4n) is 1.07. The molecule has 78 valence electrons. The maximum atomic E-state index is 10.8. The first-order valence-electron chi connectivity index (χ1n) is 4.46. The first kappa shape index (κ1) is 12.4. The van der Waals surface area contributed by atoms with Crippen molar-refractivity contribution in [1.29, 1.82) is 0 Å². The molecule has 0 bridgehead atoms. The van der Waals surface area contributed by atoms with Crippen molar-refractivity contribution < 1.29 is 14.6 Å². The maximum absolute atomic E-state index is 10.8. The third kappa shape index (κ3) is 6.54. The molecule has 4 heteroatoms. The molecule has 0 aliphatic rings. The molecular formula is C9H19NO3. The van der Waals surface area contributed by atoms with Crippen molar-refractivity contribution in [2.45, 2.75) is 13.3 Å². The Bertz CT molecular complexity index is 150. The van der Waals surface area contributed by atoms with Gasteiger partial charge in [0.1, 0.15) is 0 Å². The smallest absolute Gasteiger partial charge is 0.306 e. The summed E-state index contributed by atoms with van der Waals surface area (Å²) in [5, 5.41) is 8.79. The molecule has 0 spiro atoms. The number of aliphatic hydroxyl groups excluding tert-OH is 1. The molecule has 0 amide bonds. The Labute approximate surface area is 79.5 Å². The molecule has 0 radical (unpaired) electrons. The van der Waals surface area contributed by atoms with Crippen LogP contribution >= 0.6 is 0 Å².